The molecule has 21 heavy (non-hydrogen) atoms. The van der Waals surface area contributed by atoms with Crippen LogP contribution in [0.2, 0.25) is 0 Å². The average Bonchev–Trinajstić information content (AvgIpc) is 2.86. The molecule has 0 spiro atoms. The summed E-state index contributed by atoms with van der Waals surface area (Å²) in [7, 11) is 2.24. The number of furan rings is 1. The highest BCUT2D eigenvalue weighted by Gasteiger charge is 2.22. The zero-order chi connectivity index (χ0) is 15.2. The molecule has 3 heteroatoms. The zero-order valence-corrected chi connectivity index (χ0v) is 14.2. The second-order valence-corrected chi connectivity index (χ2v) is 7.29. The van der Waals surface area contributed by atoms with E-state index in [2.05, 4.69) is 44.1 Å². The molecule has 0 amide bonds. The predicted molar refractivity (Wildman–Crippen MR) is 88.1 cm³/mol. The topological polar surface area (TPSA) is 28.4 Å². The first-order valence-electron chi connectivity index (χ1n) is 8.51. The van der Waals surface area contributed by atoms with Crippen molar-refractivity contribution >= 4 is 0 Å². The molecule has 0 radical (unpaired) electrons. The van der Waals surface area contributed by atoms with Crippen LogP contribution in [0.15, 0.2) is 16.7 Å². The van der Waals surface area contributed by atoms with Crippen molar-refractivity contribution in [2.24, 2.45) is 11.8 Å². The number of nitrogens with one attached hydrogen (secondary N) is 1. The molecule has 0 saturated heterocycles. The minimum atomic E-state index is 0.691. The Kier molecular flexibility index (Phi) is 6.31. The molecule has 0 bridgehead atoms. The lowest BCUT2D eigenvalue weighted by Gasteiger charge is -2.33. The van der Waals surface area contributed by atoms with E-state index in [4.69, 9.17) is 4.42 Å². The van der Waals surface area contributed by atoms with E-state index in [1.165, 1.54) is 31.2 Å². The fraction of sp³-hybridized carbons (Fsp3) is 0.778. The van der Waals surface area contributed by atoms with Crippen molar-refractivity contribution in [3.8, 4) is 0 Å². The molecule has 120 valence electrons. The molecule has 1 aliphatic rings. The summed E-state index contributed by atoms with van der Waals surface area (Å²) >= 11 is 0. The van der Waals surface area contributed by atoms with Gasteiger partial charge in [-0.3, -0.25) is 4.90 Å². The highest BCUT2D eigenvalue weighted by atomic mass is 16.3. The van der Waals surface area contributed by atoms with Gasteiger partial charge in [0.1, 0.15) is 5.76 Å². The Bertz CT molecular complexity index is 413. The van der Waals surface area contributed by atoms with Gasteiger partial charge in [0.15, 0.2) is 0 Å². The summed E-state index contributed by atoms with van der Waals surface area (Å²) in [4.78, 5) is 2.47. The summed E-state index contributed by atoms with van der Waals surface area (Å²) in [5, 5.41) is 3.46. The fourth-order valence-corrected chi connectivity index (χ4v) is 3.28. The van der Waals surface area contributed by atoms with Gasteiger partial charge in [0.05, 0.1) is 12.8 Å². The molecule has 2 unspecified atom stereocenters. The van der Waals surface area contributed by atoms with Crippen LogP contribution >= 0.6 is 0 Å². The largest absolute Gasteiger partial charge is 0.468 e. The Balaban J connectivity index is 1.78. The maximum atomic E-state index is 5.73. The normalized spacial score (nSPS) is 23.1. The van der Waals surface area contributed by atoms with Crippen LogP contribution in [-0.4, -0.2) is 24.5 Å². The first kappa shape index (κ1) is 16.6. The van der Waals surface area contributed by atoms with Crippen molar-refractivity contribution in [1.82, 2.24) is 10.2 Å². The number of rotatable bonds is 7. The lowest BCUT2D eigenvalue weighted by Crippen LogP contribution is -2.34. The van der Waals surface area contributed by atoms with Crippen molar-refractivity contribution < 1.29 is 4.42 Å². The van der Waals surface area contributed by atoms with Gasteiger partial charge in [0, 0.05) is 18.2 Å². The third-order valence-electron chi connectivity index (χ3n) is 4.53. The Labute approximate surface area is 130 Å². The van der Waals surface area contributed by atoms with Gasteiger partial charge in [0.2, 0.25) is 0 Å². The lowest BCUT2D eigenvalue weighted by atomic mass is 9.86. The minimum absolute atomic E-state index is 0.691. The first-order valence-corrected chi connectivity index (χ1v) is 8.51. The van der Waals surface area contributed by atoms with Crippen LogP contribution in [0.25, 0.3) is 0 Å². The Morgan fingerprint density at radius 2 is 2.19 bits per heavy atom. The molecule has 2 atom stereocenters. The molecule has 1 heterocycles. The SMILES string of the molecule is CC(C)CNCc1coc(CN(C)C2CCCC(C)C2)c1. The van der Waals surface area contributed by atoms with E-state index < -0.39 is 0 Å². The molecule has 3 nitrogen and oxygen atoms in total. The molecule has 0 aliphatic heterocycles. The summed E-state index contributed by atoms with van der Waals surface area (Å²) in [5.41, 5.74) is 1.26. The Morgan fingerprint density at radius 3 is 2.90 bits per heavy atom. The fourth-order valence-electron chi connectivity index (χ4n) is 3.28. The van der Waals surface area contributed by atoms with Crippen LogP contribution in [0.5, 0.6) is 0 Å². The first-order chi connectivity index (χ1) is 10.0. The second-order valence-electron chi connectivity index (χ2n) is 7.29. The standard InChI is InChI=1S/C18H32N2O/c1-14(2)10-19-11-16-9-18(21-13-16)12-20(4)17-7-5-6-15(3)8-17/h9,13-15,17,19H,5-8,10-12H2,1-4H3. The molecule has 0 aromatic carbocycles. The van der Waals surface area contributed by atoms with Crippen LogP contribution in [0.4, 0.5) is 0 Å². The Hall–Kier alpha value is -0.800. The summed E-state index contributed by atoms with van der Waals surface area (Å²) < 4.78 is 5.73. The third-order valence-corrected chi connectivity index (χ3v) is 4.53. The van der Waals surface area contributed by atoms with Crippen LogP contribution in [-0.2, 0) is 13.1 Å². The quantitative estimate of drug-likeness (QED) is 0.822. The van der Waals surface area contributed by atoms with E-state index in [1.54, 1.807) is 0 Å². The molecule has 1 aromatic rings. The Morgan fingerprint density at radius 1 is 1.38 bits per heavy atom. The number of nitrogens with zero attached hydrogens (tertiary/aromatic N) is 1. The van der Waals surface area contributed by atoms with Gasteiger partial charge < -0.3 is 9.73 Å². The zero-order valence-electron chi connectivity index (χ0n) is 14.2. The smallest absolute Gasteiger partial charge is 0.118 e. The average molecular weight is 292 g/mol. The van der Waals surface area contributed by atoms with Crippen LogP contribution < -0.4 is 5.32 Å². The molecule has 2 rings (SSSR count). The van der Waals surface area contributed by atoms with E-state index in [9.17, 15) is 0 Å². The molecular weight excluding hydrogens is 260 g/mol. The molecular formula is C18H32N2O. The van der Waals surface area contributed by atoms with Crippen molar-refractivity contribution in [2.45, 2.75) is 65.6 Å². The van der Waals surface area contributed by atoms with Crippen molar-refractivity contribution in [2.75, 3.05) is 13.6 Å². The van der Waals surface area contributed by atoms with E-state index >= 15 is 0 Å². The molecule has 1 N–H and O–H groups in total. The van der Waals surface area contributed by atoms with Gasteiger partial charge in [-0.25, -0.2) is 0 Å². The molecule has 1 aliphatic carbocycles. The van der Waals surface area contributed by atoms with E-state index in [-0.39, 0.29) is 0 Å². The number of hydrogen-bond donors (Lipinski definition) is 1. The van der Waals surface area contributed by atoms with E-state index in [0.29, 0.717) is 5.92 Å². The summed E-state index contributed by atoms with van der Waals surface area (Å²) in [6.45, 7) is 9.74. The van der Waals surface area contributed by atoms with Gasteiger partial charge >= 0.3 is 0 Å². The van der Waals surface area contributed by atoms with E-state index in [0.717, 1.165) is 37.4 Å². The maximum Gasteiger partial charge on any atom is 0.118 e. The monoisotopic (exact) mass is 292 g/mol. The van der Waals surface area contributed by atoms with Crippen molar-refractivity contribution in [3.05, 3.63) is 23.7 Å². The third kappa shape index (κ3) is 5.48. The van der Waals surface area contributed by atoms with Gasteiger partial charge in [0.25, 0.3) is 0 Å². The molecule has 1 aromatic heterocycles. The molecule has 1 saturated carbocycles. The second kappa shape index (κ2) is 8.00. The van der Waals surface area contributed by atoms with E-state index in [1.807, 2.05) is 6.26 Å². The van der Waals surface area contributed by atoms with Gasteiger partial charge in [-0.05, 0) is 44.3 Å². The van der Waals surface area contributed by atoms with Crippen molar-refractivity contribution in [3.63, 3.8) is 0 Å². The van der Waals surface area contributed by atoms with Crippen LogP contribution in [0, 0.1) is 11.8 Å². The van der Waals surface area contributed by atoms with Crippen LogP contribution in [0.3, 0.4) is 0 Å². The predicted octanol–water partition coefficient (Wildman–Crippen LogP) is 4.04. The van der Waals surface area contributed by atoms with Crippen molar-refractivity contribution in [1.29, 1.82) is 0 Å². The van der Waals surface area contributed by atoms with Gasteiger partial charge in [-0.15, -0.1) is 0 Å². The van der Waals surface area contributed by atoms with Gasteiger partial charge in [-0.2, -0.15) is 0 Å². The minimum Gasteiger partial charge on any atom is -0.468 e. The summed E-state index contributed by atoms with van der Waals surface area (Å²) in [5.74, 6) is 2.66. The number of hydrogen-bond acceptors (Lipinski definition) is 3. The maximum absolute atomic E-state index is 5.73. The highest BCUT2D eigenvalue weighted by molar-refractivity contribution is 5.12. The van der Waals surface area contributed by atoms with Gasteiger partial charge in [-0.1, -0.05) is 33.6 Å². The lowest BCUT2D eigenvalue weighted by molar-refractivity contribution is 0.149. The highest BCUT2D eigenvalue weighted by Crippen LogP contribution is 2.27. The summed E-state index contributed by atoms with van der Waals surface area (Å²) in [6.07, 6.45) is 7.35. The summed E-state index contributed by atoms with van der Waals surface area (Å²) in [6, 6.07) is 2.93. The van der Waals surface area contributed by atoms with Crippen LogP contribution in [0.1, 0.15) is 57.8 Å². The molecule has 1 fully saturated rings.